The second-order valence-corrected chi connectivity index (χ2v) is 3.66. The molecule has 0 aliphatic rings. The number of nitrogens with zero attached hydrogens (tertiary/aromatic N) is 1. The summed E-state index contributed by atoms with van der Waals surface area (Å²) in [6.07, 6.45) is 0.179. The van der Waals surface area contributed by atoms with Gasteiger partial charge in [-0.3, -0.25) is 0 Å². The Morgan fingerprint density at radius 1 is 1.53 bits per heavy atom. The molecule has 0 saturated heterocycles. The number of hydrogen-bond acceptors (Lipinski definition) is 3. The Morgan fingerprint density at radius 3 is 2.93 bits per heavy atom. The van der Waals surface area contributed by atoms with E-state index in [1.807, 2.05) is 0 Å². The van der Waals surface area contributed by atoms with Crippen LogP contribution in [0.1, 0.15) is 11.5 Å². The van der Waals surface area contributed by atoms with E-state index < -0.39 is 0 Å². The number of aromatic amines is 1. The number of rotatable bonds is 2. The van der Waals surface area contributed by atoms with Crippen molar-refractivity contribution < 1.29 is 8.81 Å². The highest BCUT2D eigenvalue weighted by Crippen LogP contribution is 2.21. The van der Waals surface area contributed by atoms with Crippen LogP contribution in [0, 0.1) is 10.7 Å². The number of hydrogen-bond donors (Lipinski definition) is 1. The summed E-state index contributed by atoms with van der Waals surface area (Å²) in [6, 6.07) is 4.49. The lowest BCUT2D eigenvalue weighted by molar-refractivity contribution is 0.487. The highest BCUT2D eigenvalue weighted by molar-refractivity contribution is 7.71. The van der Waals surface area contributed by atoms with Gasteiger partial charge in [-0.05, 0) is 24.4 Å². The highest BCUT2D eigenvalue weighted by Gasteiger charge is 2.10. The minimum atomic E-state index is -0.383. The zero-order valence-corrected chi connectivity index (χ0v) is 9.03. The lowest BCUT2D eigenvalue weighted by atomic mass is 10.1. The number of nitrogens with one attached hydrogen (secondary N) is 1. The van der Waals surface area contributed by atoms with E-state index in [2.05, 4.69) is 10.2 Å². The second kappa shape index (κ2) is 4.12. The lowest BCUT2D eigenvalue weighted by Crippen LogP contribution is -1.94. The Kier molecular flexibility index (Phi) is 2.83. The van der Waals surface area contributed by atoms with E-state index in [0.717, 1.165) is 0 Å². The molecule has 0 saturated carbocycles. The molecule has 0 bridgehead atoms. The Bertz CT molecular complexity index is 517. The highest BCUT2D eigenvalue weighted by atomic mass is 35.5. The predicted molar refractivity (Wildman–Crippen MR) is 55.9 cm³/mol. The molecular formula is C9H6ClFN2OS. The van der Waals surface area contributed by atoms with Crippen molar-refractivity contribution in [3.05, 3.63) is 45.3 Å². The van der Waals surface area contributed by atoms with E-state index >= 15 is 0 Å². The van der Waals surface area contributed by atoms with Gasteiger partial charge in [-0.1, -0.05) is 17.7 Å². The van der Waals surface area contributed by atoms with E-state index in [-0.39, 0.29) is 17.1 Å². The molecule has 78 valence electrons. The largest absolute Gasteiger partial charge is 0.414 e. The van der Waals surface area contributed by atoms with E-state index in [4.69, 9.17) is 28.2 Å². The van der Waals surface area contributed by atoms with Gasteiger partial charge in [-0.15, -0.1) is 5.10 Å². The molecule has 0 aliphatic heterocycles. The third-order valence-electron chi connectivity index (χ3n) is 1.87. The second-order valence-electron chi connectivity index (χ2n) is 2.88. The van der Waals surface area contributed by atoms with Gasteiger partial charge in [0.1, 0.15) is 5.82 Å². The van der Waals surface area contributed by atoms with Gasteiger partial charge in [0, 0.05) is 10.6 Å². The fourth-order valence-electron chi connectivity index (χ4n) is 1.19. The van der Waals surface area contributed by atoms with Gasteiger partial charge >= 0.3 is 0 Å². The van der Waals surface area contributed by atoms with Crippen molar-refractivity contribution in [2.24, 2.45) is 0 Å². The van der Waals surface area contributed by atoms with Crippen LogP contribution >= 0.6 is 23.8 Å². The molecule has 1 aromatic heterocycles. The maximum atomic E-state index is 13.4. The first kappa shape index (κ1) is 10.3. The van der Waals surface area contributed by atoms with Crippen molar-refractivity contribution in [2.45, 2.75) is 6.42 Å². The van der Waals surface area contributed by atoms with Crippen molar-refractivity contribution in [1.29, 1.82) is 0 Å². The van der Waals surface area contributed by atoms with Gasteiger partial charge in [0.25, 0.3) is 4.84 Å². The third kappa shape index (κ3) is 2.24. The van der Waals surface area contributed by atoms with Crippen LogP contribution in [0.25, 0.3) is 0 Å². The average Bonchev–Trinajstić information content (AvgIpc) is 2.58. The van der Waals surface area contributed by atoms with Gasteiger partial charge in [0.15, 0.2) is 0 Å². The zero-order chi connectivity index (χ0) is 10.8. The molecule has 0 aliphatic carbocycles. The summed E-state index contributed by atoms with van der Waals surface area (Å²) in [5, 5.41) is 6.58. The Morgan fingerprint density at radius 2 is 2.33 bits per heavy atom. The smallest absolute Gasteiger partial charge is 0.284 e. The number of halogens is 2. The summed E-state index contributed by atoms with van der Waals surface area (Å²) in [7, 11) is 0. The summed E-state index contributed by atoms with van der Waals surface area (Å²) < 4.78 is 18.4. The van der Waals surface area contributed by atoms with Crippen LogP contribution in [0.5, 0.6) is 0 Å². The summed E-state index contributed by atoms with van der Waals surface area (Å²) in [5.41, 5.74) is 0.351. The third-order valence-corrected chi connectivity index (χ3v) is 2.40. The maximum Gasteiger partial charge on any atom is 0.284 e. The van der Waals surface area contributed by atoms with Crippen LogP contribution in [0.3, 0.4) is 0 Å². The van der Waals surface area contributed by atoms with E-state index in [1.54, 1.807) is 12.1 Å². The number of H-pyrrole nitrogens is 1. The molecule has 1 heterocycles. The van der Waals surface area contributed by atoms with E-state index in [0.29, 0.717) is 16.5 Å². The average molecular weight is 245 g/mol. The SMILES string of the molecule is Fc1cccc(Cl)c1Cc1n[nH]c(=S)o1. The molecule has 6 heteroatoms. The molecule has 1 N–H and O–H groups in total. The molecule has 0 amide bonds. The zero-order valence-electron chi connectivity index (χ0n) is 7.46. The fourth-order valence-corrected chi connectivity index (χ4v) is 1.56. The van der Waals surface area contributed by atoms with Crippen LogP contribution in [0.15, 0.2) is 22.6 Å². The maximum absolute atomic E-state index is 13.4. The van der Waals surface area contributed by atoms with Crippen molar-refractivity contribution in [3.8, 4) is 0 Å². The van der Waals surface area contributed by atoms with Crippen molar-refractivity contribution in [1.82, 2.24) is 10.2 Å². The molecule has 2 rings (SSSR count). The monoisotopic (exact) mass is 244 g/mol. The molecule has 3 nitrogen and oxygen atoms in total. The normalized spacial score (nSPS) is 10.5. The van der Waals surface area contributed by atoms with Crippen LogP contribution < -0.4 is 0 Å². The van der Waals surface area contributed by atoms with E-state index in [1.165, 1.54) is 6.07 Å². The van der Waals surface area contributed by atoms with Crippen LogP contribution in [-0.4, -0.2) is 10.2 Å². The predicted octanol–water partition coefficient (Wildman–Crippen LogP) is 3.12. The number of benzene rings is 1. The van der Waals surface area contributed by atoms with Gasteiger partial charge in [-0.25, -0.2) is 9.49 Å². The minimum absolute atomic E-state index is 0.164. The van der Waals surface area contributed by atoms with Crippen molar-refractivity contribution in [2.75, 3.05) is 0 Å². The molecule has 0 unspecified atom stereocenters. The quantitative estimate of drug-likeness (QED) is 0.826. The first-order valence-electron chi connectivity index (χ1n) is 4.14. The summed E-state index contributed by atoms with van der Waals surface area (Å²) in [6.45, 7) is 0. The molecule has 0 spiro atoms. The molecule has 15 heavy (non-hydrogen) atoms. The number of aromatic nitrogens is 2. The van der Waals surface area contributed by atoms with Gasteiger partial charge in [0.05, 0.1) is 6.42 Å². The Labute approximate surface area is 94.9 Å². The van der Waals surface area contributed by atoms with Gasteiger partial charge in [-0.2, -0.15) is 0 Å². The molecule has 0 fully saturated rings. The Hall–Kier alpha value is -1.20. The molecule has 2 aromatic rings. The van der Waals surface area contributed by atoms with Gasteiger partial charge < -0.3 is 4.42 Å². The molecule has 0 radical (unpaired) electrons. The molecular weight excluding hydrogens is 239 g/mol. The summed E-state index contributed by atoms with van der Waals surface area (Å²) in [4.78, 5) is 0.164. The lowest BCUT2D eigenvalue weighted by Gasteiger charge is -2.01. The summed E-state index contributed by atoms with van der Waals surface area (Å²) >= 11 is 10.5. The van der Waals surface area contributed by atoms with Crippen molar-refractivity contribution in [3.63, 3.8) is 0 Å². The fraction of sp³-hybridized carbons (Fsp3) is 0.111. The van der Waals surface area contributed by atoms with Crippen LogP contribution in [0.2, 0.25) is 5.02 Å². The Balaban J connectivity index is 2.35. The molecule has 1 aromatic carbocycles. The molecule has 0 atom stereocenters. The van der Waals surface area contributed by atoms with E-state index in [9.17, 15) is 4.39 Å². The topological polar surface area (TPSA) is 41.8 Å². The minimum Gasteiger partial charge on any atom is -0.414 e. The first-order chi connectivity index (χ1) is 7.16. The standard InChI is InChI=1S/C9H6ClFN2OS/c10-6-2-1-3-7(11)5(6)4-8-12-13-9(15)14-8/h1-3H,4H2,(H,13,15). The van der Waals surface area contributed by atoms with Gasteiger partial charge in [0.2, 0.25) is 5.89 Å². The van der Waals surface area contributed by atoms with Crippen LogP contribution in [-0.2, 0) is 6.42 Å². The van der Waals surface area contributed by atoms with Crippen LogP contribution in [0.4, 0.5) is 4.39 Å². The van der Waals surface area contributed by atoms with Crippen molar-refractivity contribution >= 4 is 23.8 Å². The summed E-state index contributed by atoms with van der Waals surface area (Å²) in [5.74, 6) is -0.0707. The first-order valence-corrected chi connectivity index (χ1v) is 4.92.